The number of anilines is 1. The fraction of sp³-hybridized carbons (Fsp3) is 0.312. The van der Waals surface area contributed by atoms with Gasteiger partial charge < -0.3 is 5.32 Å². The topological polar surface area (TPSA) is 75.3 Å². The summed E-state index contributed by atoms with van der Waals surface area (Å²) in [6.45, 7) is 1.84. The molecule has 2 rings (SSSR count). The molecule has 5 nitrogen and oxygen atoms in total. The number of thiophene rings is 1. The first-order chi connectivity index (χ1) is 10.8. The van der Waals surface area contributed by atoms with E-state index in [1.807, 2.05) is 29.8 Å². The van der Waals surface area contributed by atoms with E-state index in [0.717, 1.165) is 17.4 Å². The summed E-state index contributed by atoms with van der Waals surface area (Å²) >= 11 is 1.61. The van der Waals surface area contributed by atoms with Crippen LogP contribution < -0.4 is 10.0 Å². The molecule has 1 atom stereocenters. The molecular weight excluding hydrogens is 332 g/mol. The quantitative estimate of drug-likeness (QED) is 0.804. The maximum absolute atomic E-state index is 12.1. The molecule has 0 aliphatic rings. The summed E-state index contributed by atoms with van der Waals surface area (Å²) in [6.07, 6.45) is 2.21. The lowest BCUT2D eigenvalue weighted by Gasteiger charge is -2.18. The van der Waals surface area contributed by atoms with Crippen LogP contribution in [0, 0.1) is 0 Å². The van der Waals surface area contributed by atoms with Crippen molar-refractivity contribution in [3.8, 4) is 0 Å². The number of aryl methyl sites for hydroxylation is 1. The third-order valence-electron chi connectivity index (χ3n) is 3.32. The molecular formula is C16H20N2O3S2. The first-order valence-electron chi connectivity index (χ1n) is 7.22. The number of carbonyl (C=O) groups is 1. The predicted molar refractivity (Wildman–Crippen MR) is 94.1 cm³/mol. The zero-order valence-corrected chi connectivity index (χ0v) is 14.7. The number of rotatable bonds is 7. The number of hydrogen-bond donors (Lipinski definition) is 2. The fourth-order valence-corrected chi connectivity index (χ4v) is 3.54. The van der Waals surface area contributed by atoms with E-state index in [4.69, 9.17) is 0 Å². The molecule has 7 heteroatoms. The fourth-order valence-electron chi connectivity index (χ4n) is 2.25. The van der Waals surface area contributed by atoms with E-state index in [2.05, 4.69) is 10.0 Å². The summed E-state index contributed by atoms with van der Waals surface area (Å²) in [4.78, 5) is 12.1. The lowest BCUT2D eigenvalue weighted by molar-refractivity contribution is -0.121. The van der Waals surface area contributed by atoms with Crippen molar-refractivity contribution in [2.24, 2.45) is 0 Å². The minimum absolute atomic E-state index is 0.0575. The molecule has 0 radical (unpaired) electrons. The number of nitrogens with one attached hydrogen (secondary N) is 2. The maximum Gasteiger partial charge on any atom is 0.229 e. The highest BCUT2D eigenvalue weighted by Gasteiger charge is 2.15. The number of para-hydroxylation sites is 1. The van der Waals surface area contributed by atoms with E-state index >= 15 is 0 Å². The molecule has 2 aromatic rings. The van der Waals surface area contributed by atoms with Crippen LogP contribution in [0.25, 0.3) is 0 Å². The molecule has 1 amide bonds. The lowest BCUT2D eigenvalue weighted by atomic mass is 10.1. The molecule has 1 unspecified atom stereocenters. The molecule has 124 valence electrons. The zero-order chi connectivity index (χ0) is 16.9. The van der Waals surface area contributed by atoms with Gasteiger partial charge in [0.15, 0.2) is 0 Å². The van der Waals surface area contributed by atoms with Gasteiger partial charge in [0.25, 0.3) is 0 Å². The van der Waals surface area contributed by atoms with Gasteiger partial charge in [0.1, 0.15) is 0 Å². The first kappa shape index (κ1) is 17.5. The van der Waals surface area contributed by atoms with E-state index in [1.54, 1.807) is 29.5 Å². The molecule has 1 aromatic heterocycles. The molecule has 0 aliphatic carbocycles. The molecule has 0 bridgehead atoms. The minimum atomic E-state index is -3.36. The van der Waals surface area contributed by atoms with Crippen LogP contribution in [0.5, 0.6) is 0 Å². The highest BCUT2D eigenvalue weighted by molar-refractivity contribution is 7.92. The van der Waals surface area contributed by atoms with Gasteiger partial charge in [0, 0.05) is 6.42 Å². The van der Waals surface area contributed by atoms with Crippen molar-refractivity contribution in [3.63, 3.8) is 0 Å². The summed E-state index contributed by atoms with van der Waals surface area (Å²) in [5.41, 5.74) is 2.37. The van der Waals surface area contributed by atoms with Crippen molar-refractivity contribution in [1.29, 1.82) is 0 Å². The second-order valence-corrected chi connectivity index (χ2v) is 7.91. The van der Waals surface area contributed by atoms with Crippen molar-refractivity contribution >= 4 is 33.0 Å². The maximum atomic E-state index is 12.1. The van der Waals surface area contributed by atoms with Crippen molar-refractivity contribution in [2.45, 2.75) is 25.8 Å². The van der Waals surface area contributed by atoms with Gasteiger partial charge in [-0.1, -0.05) is 18.2 Å². The van der Waals surface area contributed by atoms with Crippen LogP contribution in [0.15, 0.2) is 41.1 Å². The lowest BCUT2D eigenvalue weighted by Crippen LogP contribution is -2.27. The van der Waals surface area contributed by atoms with Crippen LogP contribution in [0.1, 0.15) is 30.5 Å². The highest BCUT2D eigenvalue weighted by atomic mass is 32.2. The third kappa shape index (κ3) is 5.69. The van der Waals surface area contributed by atoms with Crippen LogP contribution in [-0.2, 0) is 21.2 Å². The summed E-state index contributed by atoms with van der Waals surface area (Å²) in [5.74, 6) is -0.0575. The van der Waals surface area contributed by atoms with E-state index in [0.29, 0.717) is 18.5 Å². The van der Waals surface area contributed by atoms with Crippen molar-refractivity contribution < 1.29 is 13.2 Å². The number of amides is 1. The number of carbonyl (C=O) groups excluding carboxylic acids is 1. The van der Waals surface area contributed by atoms with E-state index < -0.39 is 10.0 Å². The summed E-state index contributed by atoms with van der Waals surface area (Å²) in [5, 5.41) is 6.93. The van der Waals surface area contributed by atoms with Crippen LogP contribution in [0.3, 0.4) is 0 Å². The minimum Gasteiger partial charge on any atom is -0.349 e. The van der Waals surface area contributed by atoms with Crippen LogP contribution in [0.2, 0.25) is 0 Å². The molecule has 1 aromatic carbocycles. The summed E-state index contributed by atoms with van der Waals surface area (Å²) < 4.78 is 25.3. The molecule has 0 saturated carbocycles. The Morgan fingerprint density at radius 2 is 2.00 bits per heavy atom. The molecule has 0 aliphatic heterocycles. The standard InChI is InChI=1S/C16H20N2O3S2/c1-12(17-16(19)8-7-13-9-10-22-11-13)14-5-3-4-6-15(14)18-23(2,20)21/h3-6,9-12,18H,7-8H2,1-2H3,(H,17,19). The Balaban J connectivity index is 1.99. The Morgan fingerprint density at radius 3 is 2.65 bits per heavy atom. The highest BCUT2D eigenvalue weighted by Crippen LogP contribution is 2.23. The van der Waals surface area contributed by atoms with Gasteiger partial charge in [-0.3, -0.25) is 9.52 Å². The number of hydrogen-bond acceptors (Lipinski definition) is 4. The second kappa shape index (κ2) is 7.61. The SMILES string of the molecule is CC(NC(=O)CCc1ccsc1)c1ccccc1NS(C)(=O)=O. The first-order valence-corrected chi connectivity index (χ1v) is 10.1. The monoisotopic (exact) mass is 352 g/mol. The second-order valence-electron chi connectivity index (χ2n) is 5.38. The molecule has 0 spiro atoms. The predicted octanol–water partition coefficient (Wildman–Crippen LogP) is 2.93. The molecule has 0 fully saturated rings. The van der Waals surface area contributed by atoms with E-state index in [1.165, 1.54) is 0 Å². The Morgan fingerprint density at radius 1 is 1.26 bits per heavy atom. The molecule has 0 saturated heterocycles. The largest absolute Gasteiger partial charge is 0.349 e. The summed E-state index contributed by atoms with van der Waals surface area (Å²) in [6, 6.07) is 8.78. The average molecular weight is 352 g/mol. The van der Waals surface area contributed by atoms with Gasteiger partial charge in [0.05, 0.1) is 18.0 Å². The number of benzene rings is 1. The Kier molecular flexibility index (Phi) is 5.79. The smallest absolute Gasteiger partial charge is 0.229 e. The van der Waals surface area contributed by atoms with Gasteiger partial charge in [0.2, 0.25) is 15.9 Å². The van der Waals surface area contributed by atoms with Crippen LogP contribution in [0.4, 0.5) is 5.69 Å². The number of sulfonamides is 1. The third-order valence-corrected chi connectivity index (χ3v) is 4.64. The van der Waals surface area contributed by atoms with Crippen LogP contribution in [-0.4, -0.2) is 20.6 Å². The Bertz CT molecular complexity index is 755. The van der Waals surface area contributed by atoms with Crippen LogP contribution >= 0.6 is 11.3 Å². The van der Waals surface area contributed by atoms with Gasteiger partial charge >= 0.3 is 0 Å². The molecule has 23 heavy (non-hydrogen) atoms. The van der Waals surface area contributed by atoms with Crippen molar-refractivity contribution in [3.05, 3.63) is 52.2 Å². The van der Waals surface area contributed by atoms with Gasteiger partial charge in [-0.15, -0.1) is 0 Å². The average Bonchev–Trinajstić information content (AvgIpc) is 2.97. The summed E-state index contributed by atoms with van der Waals surface area (Å²) in [7, 11) is -3.36. The van der Waals surface area contributed by atoms with Gasteiger partial charge in [-0.05, 0) is 47.4 Å². The Hall–Kier alpha value is -1.86. The van der Waals surface area contributed by atoms with Gasteiger partial charge in [-0.2, -0.15) is 11.3 Å². The normalized spacial score (nSPS) is 12.6. The zero-order valence-electron chi connectivity index (χ0n) is 13.1. The van der Waals surface area contributed by atoms with E-state index in [-0.39, 0.29) is 11.9 Å². The van der Waals surface area contributed by atoms with Crippen molar-refractivity contribution in [1.82, 2.24) is 5.32 Å². The molecule has 1 heterocycles. The van der Waals surface area contributed by atoms with Crippen molar-refractivity contribution in [2.75, 3.05) is 11.0 Å². The van der Waals surface area contributed by atoms with Gasteiger partial charge in [-0.25, -0.2) is 8.42 Å². The van der Waals surface area contributed by atoms with E-state index in [9.17, 15) is 13.2 Å². The Labute approximate surface area is 140 Å². The molecule has 2 N–H and O–H groups in total.